The van der Waals surface area contributed by atoms with Gasteiger partial charge in [-0.25, -0.2) is 8.42 Å². The van der Waals surface area contributed by atoms with E-state index < -0.39 is 20.5 Å². The number of hydrogen-bond acceptors (Lipinski definition) is 5. The van der Waals surface area contributed by atoms with Crippen LogP contribution in [0.1, 0.15) is 5.56 Å². The minimum atomic E-state index is -4.65. The summed E-state index contributed by atoms with van der Waals surface area (Å²) in [5.41, 5.74) is 1.02. The zero-order chi connectivity index (χ0) is 18.7. The lowest BCUT2D eigenvalue weighted by Crippen LogP contribution is -2.17. The predicted molar refractivity (Wildman–Crippen MR) is 89.4 cm³/mol. The molecule has 1 amide bonds. The van der Waals surface area contributed by atoms with E-state index in [1.54, 1.807) is 18.2 Å². The average molecular weight is 383 g/mol. The maximum Gasteiger partial charge on any atom is 0.341 e. The number of rotatable bonds is 5. The second kappa shape index (κ2) is 7.28. The molecule has 0 aliphatic carbocycles. The van der Waals surface area contributed by atoms with Crippen molar-refractivity contribution in [2.45, 2.75) is 17.1 Å². The van der Waals surface area contributed by atoms with Gasteiger partial charge in [-0.1, -0.05) is 6.07 Å². The molecule has 0 atom stereocenters. The van der Waals surface area contributed by atoms with Gasteiger partial charge in [-0.05, 0) is 42.0 Å². The Morgan fingerprint density at radius 3 is 2.35 bits per heavy atom. The minimum absolute atomic E-state index is 0.0632. The maximum absolute atomic E-state index is 12.5. The van der Waals surface area contributed by atoms with Crippen LogP contribution in [0.2, 0.25) is 0 Å². The molecule has 6 nitrogen and oxygen atoms in total. The Hall–Kier alpha value is -2.68. The highest BCUT2D eigenvalue weighted by molar-refractivity contribution is 7.91. The van der Waals surface area contributed by atoms with Crippen LogP contribution < -0.4 is 14.8 Å². The molecule has 0 saturated heterocycles. The largest absolute Gasteiger partial charge is 0.486 e. The molecule has 1 N–H and O–H groups in total. The Morgan fingerprint density at radius 1 is 1.04 bits per heavy atom. The van der Waals surface area contributed by atoms with Gasteiger partial charge in [0.1, 0.15) is 13.2 Å². The Labute approximate surface area is 148 Å². The molecule has 0 spiro atoms. The molecule has 1 heterocycles. The highest BCUT2D eigenvalue weighted by atomic mass is 32.2. The topological polar surface area (TPSA) is 81.7 Å². The summed E-state index contributed by atoms with van der Waals surface area (Å²) < 4.78 is 58.6. The number of anilines is 1. The fourth-order valence-corrected chi connectivity index (χ4v) is 3.14. The molecule has 2 aromatic rings. The Bertz CT molecular complexity index is 913. The lowest BCUT2D eigenvalue weighted by Gasteiger charge is -2.18. The number of benzene rings is 2. The molecule has 0 aromatic heterocycles. The first-order chi connectivity index (χ1) is 12.4. The molecule has 138 valence electrons. The number of alkyl halides is 2. The molecular formula is C17H15F2NO5S. The van der Waals surface area contributed by atoms with E-state index in [1.807, 2.05) is 0 Å². The average Bonchev–Trinajstić information content (AvgIpc) is 2.62. The van der Waals surface area contributed by atoms with E-state index in [0.717, 1.165) is 12.1 Å². The molecule has 9 heteroatoms. The summed E-state index contributed by atoms with van der Waals surface area (Å²) in [5.74, 6) is -2.64. The van der Waals surface area contributed by atoms with Crippen molar-refractivity contribution in [3.8, 4) is 11.5 Å². The van der Waals surface area contributed by atoms with Crippen molar-refractivity contribution in [1.82, 2.24) is 0 Å². The summed E-state index contributed by atoms with van der Waals surface area (Å²) in [6.45, 7) is 0.917. The number of amides is 1. The standard InChI is InChI=1S/C17H15F2NO5S/c18-17(19)26(22,23)13-4-2-12(3-5-13)20-16(21)10-11-1-6-14-15(9-11)25-8-7-24-14/h1-6,9,17H,7-8,10H2,(H,20,21). The van der Waals surface area contributed by atoms with Gasteiger partial charge in [-0.15, -0.1) is 0 Å². The van der Waals surface area contributed by atoms with Crippen molar-refractivity contribution in [2.75, 3.05) is 18.5 Å². The van der Waals surface area contributed by atoms with Crippen LogP contribution in [-0.2, 0) is 21.1 Å². The Balaban J connectivity index is 1.65. The van der Waals surface area contributed by atoms with Crippen molar-refractivity contribution in [1.29, 1.82) is 0 Å². The van der Waals surface area contributed by atoms with E-state index >= 15 is 0 Å². The van der Waals surface area contributed by atoms with E-state index in [1.165, 1.54) is 12.1 Å². The lowest BCUT2D eigenvalue weighted by molar-refractivity contribution is -0.115. The number of halogens is 2. The quantitative estimate of drug-likeness (QED) is 0.858. The van der Waals surface area contributed by atoms with E-state index in [0.29, 0.717) is 36.0 Å². The van der Waals surface area contributed by atoms with Gasteiger partial charge in [-0.2, -0.15) is 8.78 Å². The maximum atomic E-state index is 12.5. The summed E-state index contributed by atoms with van der Waals surface area (Å²) in [6, 6.07) is 9.76. The number of sulfone groups is 1. The Kier molecular flexibility index (Phi) is 5.08. The van der Waals surface area contributed by atoms with Gasteiger partial charge in [0.25, 0.3) is 0 Å². The van der Waals surface area contributed by atoms with Crippen LogP contribution >= 0.6 is 0 Å². The third-order valence-corrected chi connectivity index (χ3v) is 5.07. The number of hydrogen-bond donors (Lipinski definition) is 1. The van der Waals surface area contributed by atoms with E-state index in [2.05, 4.69) is 5.32 Å². The number of ether oxygens (including phenoxy) is 2. The monoisotopic (exact) mass is 383 g/mol. The number of carbonyl (C=O) groups is 1. The van der Waals surface area contributed by atoms with Crippen LogP contribution in [0.3, 0.4) is 0 Å². The summed E-state index contributed by atoms with van der Waals surface area (Å²) in [4.78, 5) is 11.6. The summed E-state index contributed by atoms with van der Waals surface area (Å²) >= 11 is 0. The van der Waals surface area contributed by atoms with Crippen molar-refractivity contribution >= 4 is 21.4 Å². The molecule has 2 aromatic carbocycles. The summed E-state index contributed by atoms with van der Waals surface area (Å²) in [6.07, 6.45) is 0.0632. The highest BCUT2D eigenvalue weighted by Crippen LogP contribution is 2.31. The predicted octanol–water partition coefficient (Wildman–Crippen LogP) is 2.64. The lowest BCUT2D eigenvalue weighted by atomic mass is 10.1. The SMILES string of the molecule is O=C(Cc1ccc2c(c1)OCCO2)Nc1ccc(S(=O)(=O)C(F)F)cc1. The first-order valence-corrected chi connectivity index (χ1v) is 9.21. The molecule has 1 aliphatic heterocycles. The highest BCUT2D eigenvalue weighted by Gasteiger charge is 2.26. The van der Waals surface area contributed by atoms with Gasteiger partial charge in [0, 0.05) is 5.69 Å². The van der Waals surface area contributed by atoms with Gasteiger partial charge >= 0.3 is 5.76 Å². The van der Waals surface area contributed by atoms with E-state index in [4.69, 9.17) is 9.47 Å². The number of fused-ring (bicyclic) bond motifs is 1. The van der Waals surface area contributed by atoms with Crippen molar-refractivity contribution < 1.29 is 31.5 Å². The van der Waals surface area contributed by atoms with Gasteiger partial charge < -0.3 is 14.8 Å². The van der Waals surface area contributed by atoms with Crippen LogP contribution in [0.4, 0.5) is 14.5 Å². The number of nitrogens with one attached hydrogen (secondary N) is 1. The second-order valence-electron chi connectivity index (χ2n) is 5.53. The van der Waals surface area contributed by atoms with Gasteiger partial charge in [-0.3, -0.25) is 4.79 Å². The molecule has 0 unspecified atom stereocenters. The fourth-order valence-electron chi connectivity index (χ4n) is 2.42. The normalized spacial score (nSPS) is 13.5. The smallest absolute Gasteiger partial charge is 0.341 e. The zero-order valence-electron chi connectivity index (χ0n) is 13.4. The van der Waals surface area contributed by atoms with Crippen molar-refractivity contribution in [3.05, 3.63) is 48.0 Å². The summed E-state index contributed by atoms with van der Waals surface area (Å²) in [7, 11) is -4.65. The zero-order valence-corrected chi connectivity index (χ0v) is 14.3. The Morgan fingerprint density at radius 2 is 1.69 bits per heavy atom. The fraction of sp³-hybridized carbons (Fsp3) is 0.235. The third kappa shape index (κ3) is 3.93. The van der Waals surface area contributed by atoms with E-state index in [9.17, 15) is 22.0 Å². The molecule has 1 aliphatic rings. The minimum Gasteiger partial charge on any atom is -0.486 e. The molecule has 26 heavy (non-hydrogen) atoms. The van der Waals surface area contributed by atoms with E-state index in [-0.39, 0.29) is 12.3 Å². The third-order valence-electron chi connectivity index (χ3n) is 3.67. The molecule has 0 fully saturated rings. The van der Waals surface area contributed by atoms with Crippen LogP contribution in [0.25, 0.3) is 0 Å². The van der Waals surface area contributed by atoms with Crippen LogP contribution in [0, 0.1) is 0 Å². The first kappa shape index (κ1) is 18.1. The summed E-state index contributed by atoms with van der Waals surface area (Å²) in [5, 5.41) is 2.59. The molecule has 0 saturated carbocycles. The van der Waals surface area contributed by atoms with Crippen molar-refractivity contribution in [3.63, 3.8) is 0 Å². The molecule has 3 rings (SSSR count). The molecule has 0 radical (unpaired) electrons. The van der Waals surface area contributed by atoms with Crippen LogP contribution in [0.5, 0.6) is 11.5 Å². The molecular weight excluding hydrogens is 368 g/mol. The van der Waals surface area contributed by atoms with Gasteiger partial charge in [0.05, 0.1) is 11.3 Å². The first-order valence-electron chi connectivity index (χ1n) is 7.67. The van der Waals surface area contributed by atoms with Crippen LogP contribution in [-0.4, -0.2) is 33.3 Å². The molecule has 0 bridgehead atoms. The van der Waals surface area contributed by atoms with Gasteiger partial charge in [0.15, 0.2) is 11.5 Å². The van der Waals surface area contributed by atoms with Crippen LogP contribution in [0.15, 0.2) is 47.4 Å². The van der Waals surface area contributed by atoms with Gasteiger partial charge in [0.2, 0.25) is 15.7 Å². The van der Waals surface area contributed by atoms with Crippen molar-refractivity contribution in [2.24, 2.45) is 0 Å². The number of carbonyl (C=O) groups excluding carboxylic acids is 1. The second-order valence-corrected chi connectivity index (χ2v) is 7.45.